The van der Waals surface area contributed by atoms with Crippen LogP contribution in [0.5, 0.6) is 0 Å². The van der Waals surface area contributed by atoms with Crippen LogP contribution in [0.2, 0.25) is 0 Å². The van der Waals surface area contributed by atoms with Gasteiger partial charge in [0.15, 0.2) is 0 Å². The van der Waals surface area contributed by atoms with E-state index in [1.165, 1.54) is 11.3 Å². The summed E-state index contributed by atoms with van der Waals surface area (Å²) in [5.74, 6) is 0.284. The summed E-state index contributed by atoms with van der Waals surface area (Å²) in [5, 5.41) is 5.42. The highest BCUT2D eigenvalue weighted by atomic mass is 32.1. The molecule has 94 valence electrons. The second kappa shape index (κ2) is 5.57. The van der Waals surface area contributed by atoms with Crippen molar-refractivity contribution in [2.75, 3.05) is 13.2 Å². The summed E-state index contributed by atoms with van der Waals surface area (Å²) in [5.41, 5.74) is 5.91. The van der Waals surface area contributed by atoms with Crippen molar-refractivity contribution in [3.05, 3.63) is 16.1 Å². The van der Waals surface area contributed by atoms with Crippen molar-refractivity contribution in [2.24, 2.45) is 11.7 Å². The molecule has 1 aromatic heterocycles. The van der Waals surface area contributed by atoms with E-state index in [2.05, 4.69) is 10.3 Å². The molecule has 1 aliphatic heterocycles. The average Bonchev–Trinajstić information content (AvgIpc) is 2.94. The molecule has 2 heterocycles. The maximum absolute atomic E-state index is 11.8. The molecule has 0 aliphatic carbocycles. The lowest BCUT2D eigenvalue weighted by Gasteiger charge is -2.13. The summed E-state index contributed by atoms with van der Waals surface area (Å²) in [6.45, 7) is 3.86. The van der Waals surface area contributed by atoms with Crippen LogP contribution in [0.3, 0.4) is 0 Å². The van der Waals surface area contributed by atoms with Gasteiger partial charge in [0.1, 0.15) is 10.7 Å². The van der Waals surface area contributed by atoms with E-state index in [0.29, 0.717) is 24.7 Å². The van der Waals surface area contributed by atoms with Crippen molar-refractivity contribution < 1.29 is 9.53 Å². The Bertz CT molecular complexity index is 394. The first-order valence-corrected chi connectivity index (χ1v) is 6.63. The predicted molar refractivity (Wildman–Crippen MR) is 65.9 cm³/mol. The van der Waals surface area contributed by atoms with Crippen LogP contribution >= 0.6 is 11.3 Å². The van der Waals surface area contributed by atoms with Crippen LogP contribution < -0.4 is 11.1 Å². The third-order valence-corrected chi connectivity index (χ3v) is 3.89. The van der Waals surface area contributed by atoms with Gasteiger partial charge < -0.3 is 15.8 Å². The minimum Gasteiger partial charge on any atom is -0.378 e. The van der Waals surface area contributed by atoms with Crippen molar-refractivity contribution in [3.63, 3.8) is 0 Å². The van der Waals surface area contributed by atoms with Crippen LogP contribution in [0, 0.1) is 5.92 Å². The monoisotopic (exact) mass is 255 g/mol. The lowest BCUT2D eigenvalue weighted by atomic mass is 10.0. The molecule has 0 radical (unpaired) electrons. The number of hydrogen-bond donors (Lipinski definition) is 2. The summed E-state index contributed by atoms with van der Waals surface area (Å²) in [6, 6.07) is 0. The number of thiazole rings is 1. The Morgan fingerprint density at radius 2 is 2.59 bits per heavy atom. The van der Waals surface area contributed by atoms with E-state index in [-0.39, 0.29) is 12.0 Å². The first-order chi connectivity index (χ1) is 8.20. The zero-order valence-corrected chi connectivity index (χ0v) is 10.6. The number of rotatable bonds is 4. The molecule has 2 rings (SSSR count). The standard InChI is InChI=1S/C11H17N3O2S/c1-7-8(2-3-16-7)5-13-11(15)9-6-17-10(4-12)14-9/h6-8H,2-5,12H2,1H3,(H,13,15). The Hall–Kier alpha value is -0.980. The second-order valence-electron chi connectivity index (χ2n) is 4.17. The van der Waals surface area contributed by atoms with Gasteiger partial charge in [-0.15, -0.1) is 11.3 Å². The molecule has 1 aromatic rings. The van der Waals surface area contributed by atoms with Gasteiger partial charge in [-0.2, -0.15) is 0 Å². The molecule has 0 bridgehead atoms. The van der Waals surface area contributed by atoms with E-state index in [4.69, 9.17) is 10.5 Å². The highest BCUT2D eigenvalue weighted by Crippen LogP contribution is 2.19. The van der Waals surface area contributed by atoms with Gasteiger partial charge in [-0.05, 0) is 13.3 Å². The van der Waals surface area contributed by atoms with Gasteiger partial charge in [-0.25, -0.2) is 4.98 Å². The highest BCUT2D eigenvalue weighted by molar-refractivity contribution is 7.09. The van der Waals surface area contributed by atoms with Crippen molar-refractivity contribution >= 4 is 17.2 Å². The molecule has 17 heavy (non-hydrogen) atoms. The molecule has 2 atom stereocenters. The zero-order chi connectivity index (χ0) is 12.3. The maximum atomic E-state index is 11.8. The number of hydrogen-bond acceptors (Lipinski definition) is 5. The van der Waals surface area contributed by atoms with Crippen LogP contribution in [-0.4, -0.2) is 30.1 Å². The molecule has 5 nitrogen and oxygen atoms in total. The summed E-state index contributed by atoms with van der Waals surface area (Å²) < 4.78 is 5.44. The number of carbonyl (C=O) groups excluding carboxylic acids is 1. The van der Waals surface area contributed by atoms with Gasteiger partial charge in [0.05, 0.1) is 6.10 Å². The van der Waals surface area contributed by atoms with E-state index >= 15 is 0 Å². The van der Waals surface area contributed by atoms with Crippen molar-refractivity contribution in [2.45, 2.75) is 26.0 Å². The molecule has 1 fully saturated rings. The summed E-state index contributed by atoms with van der Waals surface area (Å²) in [6.07, 6.45) is 1.23. The molecule has 3 N–H and O–H groups in total. The summed E-state index contributed by atoms with van der Waals surface area (Å²) in [4.78, 5) is 15.9. The molecule has 1 amide bonds. The van der Waals surface area contributed by atoms with Crippen molar-refractivity contribution in [1.29, 1.82) is 0 Å². The average molecular weight is 255 g/mol. The van der Waals surface area contributed by atoms with Gasteiger partial charge in [0.2, 0.25) is 0 Å². The molecular weight excluding hydrogens is 238 g/mol. The predicted octanol–water partition coefficient (Wildman–Crippen LogP) is 0.757. The smallest absolute Gasteiger partial charge is 0.270 e. The van der Waals surface area contributed by atoms with Gasteiger partial charge in [-0.1, -0.05) is 0 Å². The van der Waals surface area contributed by atoms with Crippen LogP contribution in [0.4, 0.5) is 0 Å². The largest absolute Gasteiger partial charge is 0.378 e. The van der Waals surface area contributed by atoms with Gasteiger partial charge in [0, 0.05) is 31.0 Å². The summed E-state index contributed by atoms with van der Waals surface area (Å²) in [7, 11) is 0. The first-order valence-electron chi connectivity index (χ1n) is 5.75. The van der Waals surface area contributed by atoms with E-state index in [1.54, 1.807) is 5.38 Å². The topological polar surface area (TPSA) is 77.2 Å². The van der Waals surface area contributed by atoms with Crippen LogP contribution in [0.25, 0.3) is 0 Å². The fourth-order valence-electron chi connectivity index (χ4n) is 1.87. The molecular formula is C11H17N3O2S. The van der Waals surface area contributed by atoms with E-state index in [9.17, 15) is 4.79 Å². The lowest BCUT2D eigenvalue weighted by molar-refractivity contribution is 0.0903. The third kappa shape index (κ3) is 3.02. The maximum Gasteiger partial charge on any atom is 0.270 e. The Morgan fingerprint density at radius 3 is 3.18 bits per heavy atom. The Labute approximate surface area is 104 Å². The van der Waals surface area contributed by atoms with Gasteiger partial charge >= 0.3 is 0 Å². The SMILES string of the molecule is CC1OCCC1CNC(=O)c1csc(CN)n1. The number of aromatic nitrogens is 1. The molecule has 1 aliphatic rings. The molecule has 0 aromatic carbocycles. The Balaban J connectivity index is 1.84. The molecule has 6 heteroatoms. The minimum atomic E-state index is -0.125. The summed E-state index contributed by atoms with van der Waals surface area (Å²) >= 11 is 1.41. The lowest BCUT2D eigenvalue weighted by Crippen LogP contribution is -2.32. The molecule has 2 unspecified atom stereocenters. The number of nitrogens with zero attached hydrogens (tertiary/aromatic N) is 1. The molecule has 1 saturated heterocycles. The number of nitrogens with two attached hydrogens (primary N) is 1. The fraction of sp³-hybridized carbons (Fsp3) is 0.636. The van der Waals surface area contributed by atoms with Crippen LogP contribution in [-0.2, 0) is 11.3 Å². The van der Waals surface area contributed by atoms with E-state index in [0.717, 1.165) is 18.0 Å². The second-order valence-corrected chi connectivity index (χ2v) is 5.11. The minimum absolute atomic E-state index is 0.125. The number of amides is 1. The zero-order valence-electron chi connectivity index (χ0n) is 9.81. The number of carbonyl (C=O) groups is 1. The van der Waals surface area contributed by atoms with Crippen molar-refractivity contribution in [3.8, 4) is 0 Å². The van der Waals surface area contributed by atoms with Crippen LogP contribution in [0.1, 0.15) is 28.8 Å². The molecule has 0 spiro atoms. The van der Waals surface area contributed by atoms with Crippen molar-refractivity contribution in [1.82, 2.24) is 10.3 Å². The Morgan fingerprint density at radius 1 is 1.76 bits per heavy atom. The Kier molecular flexibility index (Phi) is 4.09. The van der Waals surface area contributed by atoms with Gasteiger partial charge in [-0.3, -0.25) is 4.79 Å². The van der Waals surface area contributed by atoms with Gasteiger partial charge in [0.25, 0.3) is 5.91 Å². The fourth-order valence-corrected chi connectivity index (χ4v) is 2.52. The van der Waals surface area contributed by atoms with E-state index < -0.39 is 0 Å². The quantitative estimate of drug-likeness (QED) is 0.832. The molecule has 0 saturated carbocycles. The number of nitrogens with one attached hydrogen (secondary N) is 1. The third-order valence-electron chi connectivity index (χ3n) is 3.02. The first kappa shape index (κ1) is 12.5. The van der Waals surface area contributed by atoms with E-state index in [1.807, 2.05) is 6.92 Å². The normalized spacial score (nSPS) is 23.9. The van der Waals surface area contributed by atoms with Crippen LogP contribution in [0.15, 0.2) is 5.38 Å². The highest BCUT2D eigenvalue weighted by Gasteiger charge is 2.24. The number of ether oxygens (including phenoxy) is 1.